The van der Waals surface area contributed by atoms with Crippen molar-refractivity contribution < 1.29 is 9.59 Å². The predicted molar refractivity (Wildman–Crippen MR) is 95.0 cm³/mol. The highest BCUT2D eigenvalue weighted by Gasteiger charge is 2.22. The first-order valence-corrected chi connectivity index (χ1v) is 8.24. The monoisotopic (exact) mass is 339 g/mol. The molecular weight excluding hydrogens is 318 g/mol. The van der Waals surface area contributed by atoms with E-state index in [9.17, 15) is 9.59 Å². The van der Waals surface area contributed by atoms with Crippen LogP contribution in [0.15, 0.2) is 30.7 Å². The van der Waals surface area contributed by atoms with E-state index >= 15 is 0 Å². The Hall–Kier alpha value is -2.96. The lowest BCUT2D eigenvalue weighted by Crippen LogP contribution is -2.40. The van der Waals surface area contributed by atoms with Gasteiger partial charge in [0.2, 0.25) is 5.91 Å². The number of carbonyl (C=O) groups excluding carboxylic acids is 2. The number of hydrogen-bond acceptors (Lipinski definition) is 4. The van der Waals surface area contributed by atoms with Gasteiger partial charge in [-0.3, -0.25) is 14.7 Å². The number of carbonyl (C=O) groups is 2. The second-order valence-electron chi connectivity index (χ2n) is 6.23. The molecule has 1 aliphatic heterocycles. The molecule has 0 saturated carbocycles. The molecule has 7 nitrogen and oxygen atoms in total. The summed E-state index contributed by atoms with van der Waals surface area (Å²) in [4.78, 5) is 33.0. The Bertz CT molecular complexity index is 821. The van der Waals surface area contributed by atoms with Gasteiger partial charge in [0, 0.05) is 43.2 Å². The van der Waals surface area contributed by atoms with E-state index in [-0.39, 0.29) is 11.9 Å². The van der Waals surface area contributed by atoms with Crippen LogP contribution < -0.4 is 16.0 Å². The number of aryl methyl sites for hydroxylation is 1. The molecule has 0 bridgehead atoms. The topological polar surface area (TPSA) is 101 Å². The highest BCUT2D eigenvalue weighted by Crippen LogP contribution is 2.29. The van der Waals surface area contributed by atoms with E-state index < -0.39 is 6.03 Å². The van der Waals surface area contributed by atoms with Gasteiger partial charge in [0.1, 0.15) is 5.82 Å². The molecule has 2 aromatic heterocycles. The maximum Gasteiger partial charge on any atom is 0.320 e. The van der Waals surface area contributed by atoms with Crippen LogP contribution in [-0.2, 0) is 11.2 Å². The summed E-state index contributed by atoms with van der Waals surface area (Å²) >= 11 is 0. The van der Waals surface area contributed by atoms with Gasteiger partial charge in [0.25, 0.3) is 0 Å². The summed E-state index contributed by atoms with van der Waals surface area (Å²) in [7, 11) is 0. The quantitative estimate of drug-likeness (QED) is 0.895. The van der Waals surface area contributed by atoms with Gasteiger partial charge in [0.05, 0.1) is 6.04 Å². The average Bonchev–Trinajstić information content (AvgIpc) is 2.60. The molecule has 25 heavy (non-hydrogen) atoms. The molecule has 0 fully saturated rings. The molecule has 2 aromatic rings. The van der Waals surface area contributed by atoms with E-state index in [2.05, 4.69) is 15.3 Å². The standard InChI is InChI=1S/C18H21N5O2/c1-11(22-12(2)24)14-7-15(9-20-8-14)16-6-13-4-3-5-23(18(19)25)17(13)21-10-16/h6-11H,3-5H2,1-2H3,(H2,19,25)(H,22,24). The van der Waals surface area contributed by atoms with E-state index in [4.69, 9.17) is 5.73 Å². The van der Waals surface area contributed by atoms with Crippen LogP contribution in [-0.4, -0.2) is 28.5 Å². The minimum absolute atomic E-state index is 0.0834. The Morgan fingerprint density at radius 3 is 2.72 bits per heavy atom. The smallest absolute Gasteiger partial charge is 0.320 e. The van der Waals surface area contributed by atoms with Crippen molar-refractivity contribution in [3.8, 4) is 11.1 Å². The van der Waals surface area contributed by atoms with E-state index in [0.717, 1.165) is 35.1 Å². The number of pyridine rings is 2. The number of hydrogen-bond donors (Lipinski definition) is 2. The molecule has 0 aliphatic carbocycles. The molecule has 130 valence electrons. The molecule has 0 aromatic carbocycles. The van der Waals surface area contributed by atoms with Crippen LogP contribution in [0.4, 0.5) is 10.6 Å². The van der Waals surface area contributed by atoms with Crippen molar-refractivity contribution in [2.24, 2.45) is 5.73 Å². The van der Waals surface area contributed by atoms with Crippen molar-refractivity contribution in [3.63, 3.8) is 0 Å². The highest BCUT2D eigenvalue weighted by molar-refractivity contribution is 5.91. The Kier molecular flexibility index (Phi) is 4.65. The van der Waals surface area contributed by atoms with Crippen molar-refractivity contribution in [3.05, 3.63) is 41.9 Å². The molecule has 1 aliphatic rings. The zero-order valence-electron chi connectivity index (χ0n) is 14.3. The molecule has 7 heteroatoms. The molecule has 0 radical (unpaired) electrons. The number of primary amides is 1. The summed E-state index contributed by atoms with van der Waals surface area (Å²) < 4.78 is 0. The van der Waals surface area contributed by atoms with Crippen LogP contribution in [0, 0.1) is 0 Å². The summed E-state index contributed by atoms with van der Waals surface area (Å²) in [6.45, 7) is 4.00. The van der Waals surface area contributed by atoms with Crippen LogP contribution >= 0.6 is 0 Å². The zero-order chi connectivity index (χ0) is 18.0. The number of fused-ring (bicyclic) bond motifs is 1. The number of aromatic nitrogens is 2. The summed E-state index contributed by atoms with van der Waals surface area (Å²) in [6, 6.07) is 3.42. The number of urea groups is 1. The lowest BCUT2D eigenvalue weighted by atomic mass is 10.00. The fourth-order valence-corrected chi connectivity index (χ4v) is 3.08. The van der Waals surface area contributed by atoms with Gasteiger partial charge in [-0.25, -0.2) is 9.78 Å². The largest absolute Gasteiger partial charge is 0.351 e. The Labute approximate surface area is 146 Å². The molecular formula is C18H21N5O2. The fourth-order valence-electron chi connectivity index (χ4n) is 3.08. The molecule has 0 spiro atoms. The van der Waals surface area contributed by atoms with Gasteiger partial charge in [-0.1, -0.05) is 0 Å². The Morgan fingerprint density at radius 1 is 1.24 bits per heavy atom. The SMILES string of the molecule is CC(=O)NC(C)c1cncc(-c2cnc3c(c2)CCCN3C(N)=O)c1. The number of rotatable bonds is 3. The molecule has 1 atom stereocenters. The van der Waals surface area contributed by atoms with Crippen molar-refractivity contribution >= 4 is 17.8 Å². The first-order chi connectivity index (χ1) is 12.0. The lowest BCUT2D eigenvalue weighted by molar-refractivity contribution is -0.119. The Morgan fingerprint density at radius 2 is 2.00 bits per heavy atom. The zero-order valence-corrected chi connectivity index (χ0v) is 14.3. The summed E-state index contributed by atoms with van der Waals surface area (Å²) in [5.41, 5.74) is 9.19. The number of nitrogens with zero attached hydrogens (tertiary/aromatic N) is 3. The fraction of sp³-hybridized carbons (Fsp3) is 0.333. The lowest BCUT2D eigenvalue weighted by Gasteiger charge is -2.27. The van der Waals surface area contributed by atoms with Crippen LogP contribution in [0.1, 0.15) is 37.4 Å². The van der Waals surface area contributed by atoms with Crippen molar-refractivity contribution in [1.29, 1.82) is 0 Å². The van der Waals surface area contributed by atoms with Crippen LogP contribution in [0.2, 0.25) is 0 Å². The second kappa shape index (κ2) is 6.88. The van der Waals surface area contributed by atoms with Gasteiger partial charge in [-0.2, -0.15) is 0 Å². The minimum Gasteiger partial charge on any atom is -0.351 e. The van der Waals surface area contributed by atoms with Crippen molar-refractivity contribution in [1.82, 2.24) is 15.3 Å². The molecule has 3 rings (SSSR count). The molecule has 0 saturated heterocycles. The van der Waals surface area contributed by atoms with E-state index in [1.54, 1.807) is 18.6 Å². The normalized spacial score (nSPS) is 14.6. The number of amides is 3. The van der Waals surface area contributed by atoms with Crippen molar-refractivity contribution in [2.75, 3.05) is 11.4 Å². The van der Waals surface area contributed by atoms with Gasteiger partial charge in [-0.05, 0) is 43.0 Å². The van der Waals surface area contributed by atoms with E-state index in [0.29, 0.717) is 12.4 Å². The Balaban J connectivity index is 1.93. The molecule has 3 heterocycles. The maximum absolute atomic E-state index is 11.5. The first kappa shape index (κ1) is 16.9. The van der Waals surface area contributed by atoms with Crippen LogP contribution in [0.3, 0.4) is 0 Å². The van der Waals surface area contributed by atoms with Gasteiger partial charge in [0.15, 0.2) is 0 Å². The van der Waals surface area contributed by atoms with Crippen LogP contribution in [0.25, 0.3) is 11.1 Å². The number of anilines is 1. The second-order valence-corrected chi connectivity index (χ2v) is 6.23. The molecule has 3 amide bonds. The third kappa shape index (κ3) is 3.60. The number of nitrogens with one attached hydrogen (secondary N) is 1. The predicted octanol–water partition coefficient (Wildman–Crippen LogP) is 2.17. The van der Waals surface area contributed by atoms with Crippen molar-refractivity contribution in [2.45, 2.75) is 32.7 Å². The maximum atomic E-state index is 11.5. The third-order valence-corrected chi connectivity index (χ3v) is 4.30. The summed E-state index contributed by atoms with van der Waals surface area (Å²) in [6.07, 6.45) is 6.95. The van der Waals surface area contributed by atoms with Gasteiger partial charge < -0.3 is 11.1 Å². The van der Waals surface area contributed by atoms with Crippen LogP contribution in [0.5, 0.6) is 0 Å². The minimum atomic E-state index is -0.478. The summed E-state index contributed by atoms with van der Waals surface area (Å²) in [5.74, 6) is 0.554. The highest BCUT2D eigenvalue weighted by atomic mass is 16.2. The first-order valence-electron chi connectivity index (χ1n) is 8.24. The third-order valence-electron chi connectivity index (χ3n) is 4.30. The van der Waals surface area contributed by atoms with E-state index in [1.807, 2.05) is 19.1 Å². The molecule has 1 unspecified atom stereocenters. The van der Waals surface area contributed by atoms with Gasteiger partial charge >= 0.3 is 6.03 Å². The summed E-state index contributed by atoms with van der Waals surface area (Å²) in [5, 5.41) is 2.85. The van der Waals surface area contributed by atoms with Gasteiger partial charge in [-0.15, -0.1) is 0 Å². The number of nitrogens with two attached hydrogens (primary N) is 1. The average molecular weight is 339 g/mol. The molecule has 3 N–H and O–H groups in total. The van der Waals surface area contributed by atoms with E-state index in [1.165, 1.54) is 11.8 Å².